The van der Waals surface area contributed by atoms with Gasteiger partial charge in [-0.2, -0.15) is 0 Å². The average Bonchev–Trinajstić information content (AvgIpc) is 3.79. The van der Waals surface area contributed by atoms with Crippen LogP contribution in [0, 0.1) is 0 Å². The van der Waals surface area contributed by atoms with E-state index in [1.807, 2.05) is 0 Å². The summed E-state index contributed by atoms with van der Waals surface area (Å²) < 4.78 is 7.14. The number of fused-ring (bicyclic) bond motifs is 9. The molecule has 0 atom stereocenters. The lowest BCUT2D eigenvalue weighted by Gasteiger charge is -2.27. The third kappa shape index (κ3) is 6.72. The van der Waals surface area contributed by atoms with Gasteiger partial charge in [0.05, 0.1) is 5.69 Å². The normalized spacial score (nSPS) is 11.9. The minimum absolute atomic E-state index is 0.310. The Kier molecular flexibility index (Phi) is 9.08. The molecular weight excluding hydrogens is 811 g/mol. The van der Waals surface area contributed by atoms with E-state index < -0.39 is 0 Å². The zero-order chi connectivity index (χ0) is 44.6. The smallest absolute Gasteiger partial charge is 0.160 e. The molecule has 316 valence electrons. The summed E-state index contributed by atoms with van der Waals surface area (Å²) in [6, 6.07) is 84.6. The fraction of sp³-hybridized carbons (Fsp3) is 0.0462. The monoisotopic (exact) mass is 855 g/mol. The van der Waals surface area contributed by atoms with Gasteiger partial charge in [0.15, 0.2) is 5.58 Å². The lowest BCUT2D eigenvalue weighted by Crippen LogP contribution is -2.10. The highest BCUT2D eigenvalue weighted by Crippen LogP contribution is 2.47. The Morgan fingerprint density at radius 1 is 0.313 bits per heavy atom. The predicted molar refractivity (Wildman–Crippen MR) is 286 cm³/mol. The second-order valence-corrected chi connectivity index (χ2v) is 18.3. The van der Waals surface area contributed by atoms with E-state index in [4.69, 9.17) is 4.42 Å². The number of nitrogens with zero attached hydrogens (tertiary/aromatic N) is 1. The molecule has 0 saturated carbocycles. The molecule has 2 heteroatoms. The SMILES string of the molecule is CC(C)c1cccc2c1oc1c(N(c3ccc(-c4ccc5cc(-c6ccc7ccccc7c6)ccc5c4)cc3)c3ccc4cc(-c5ccc6ccccc6c5)ccc4c3)cc3ccccc3c12. The minimum Gasteiger partial charge on any atom is -0.454 e. The average molecular weight is 856 g/mol. The van der Waals surface area contributed by atoms with Gasteiger partial charge in [0.2, 0.25) is 0 Å². The van der Waals surface area contributed by atoms with Gasteiger partial charge in [-0.25, -0.2) is 0 Å². The molecule has 12 aromatic carbocycles. The summed E-state index contributed by atoms with van der Waals surface area (Å²) in [5.74, 6) is 0.310. The molecule has 1 aromatic heterocycles. The van der Waals surface area contributed by atoms with Gasteiger partial charge in [0.25, 0.3) is 0 Å². The number of rotatable bonds is 7. The highest BCUT2D eigenvalue weighted by molar-refractivity contribution is 6.23. The van der Waals surface area contributed by atoms with E-state index in [-0.39, 0.29) is 0 Å². The standard InChI is InChI=1S/C65H45NO/c1-41(2)59-16-9-17-61-63-60-15-8-7-14-56(60)40-62(65(63)67-64(59)61)66(58-33-30-54-38-53(26-27-55(54)39-58)49-21-19-43-11-4-6-13-46(43)35-49)57-31-28-44(29-32-57)47-22-23-51-37-52(25-24-50(51)36-47)48-20-18-42-10-3-5-12-45(42)34-48/h3-41H,1-2H3. The largest absolute Gasteiger partial charge is 0.454 e. The Morgan fingerprint density at radius 2 is 0.731 bits per heavy atom. The van der Waals surface area contributed by atoms with Gasteiger partial charge in [-0.3, -0.25) is 0 Å². The summed E-state index contributed by atoms with van der Waals surface area (Å²) in [4.78, 5) is 2.39. The number of benzene rings is 12. The second-order valence-electron chi connectivity index (χ2n) is 18.3. The van der Waals surface area contributed by atoms with Crippen molar-refractivity contribution in [2.45, 2.75) is 19.8 Å². The molecule has 13 rings (SSSR count). The molecule has 0 N–H and O–H groups in total. The van der Waals surface area contributed by atoms with Gasteiger partial charge in [-0.1, -0.05) is 184 Å². The van der Waals surface area contributed by atoms with E-state index in [1.165, 1.54) is 87.2 Å². The number of para-hydroxylation sites is 1. The Hall–Kier alpha value is -8.46. The molecular formula is C65H45NO. The number of hydrogen-bond acceptors (Lipinski definition) is 2. The third-order valence-corrected chi connectivity index (χ3v) is 13.9. The first-order chi connectivity index (χ1) is 33.0. The van der Waals surface area contributed by atoms with Gasteiger partial charge >= 0.3 is 0 Å². The lowest BCUT2D eigenvalue weighted by atomic mass is 9.96. The van der Waals surface area contributed by atoms with E-state index in [2.05, 4.69) is 249 Å². The van der Waals surface area contributed by atoms with Crippen LogP contribution in [0.3, 0.4) is 0 Å². The van der Waals surface area contributed by atoms with Crippen LogP contribution in [0.15, 0.2) is 235 Å². The van der Waals surface area contributed by atoms with Gasteiger partial charge < -0.3 is 9.32 Å². The second kappa shape index (κ2) is 15.6. The van der Waals surface area contributed by atoms with E-state index in [9.17, 15) is 0 Å². The summed E-state index contributed by atoms with van der Waals surface area (Å²) in [6.45, 7) is 4.49. The van der Waals surface area contributed by atoms with Crippen molar-refractivity contribution in [3.63, 3.8) is 0 Å². The van der Waals surface area contributed by atoms with E-state index >= 15 is 0 Å². The quantitative estimate of drug-likeness (QED) is 0.159. The van der Waals surface area contributed by atoms with Crippen molar-refractivity contribution in [2.75, 3.05) is 4.90 Å². The molecule has 0 aliphatic rings. The maximum absolute atomic E-state index is 7.14. The predicted octanol–water partition coefficient (Wildman–Crippen LogP) is 18.9. The van der Waals surface area contributed by atoms with Crippen LogP contribution in [0.5, 0.6) is 0 Å². The number of furan rings is 1. The van der Waals surface area contributed by atoms with Gasteiger partial charge in [-0.05, 0) is 159 Å². The van der Waals surface area contributed by atoms with Crippen molar-refractivity contribution in [3.8, 4) is 33.4 Å². The molecule has 13 aromatic rings. The van der Waals surface area contributed by atoms with Gasteiger partial charge in [0.1, 0.15) is 5.58 Å². The third-order valence-electron chi connectivity index (χ3n) is 13.9. The Balaban J connectivity index is 0.934. The zero-order valence-corrected chi connectivity index (χ0v) is 37.4. The number of anilines is 3. The van der Waals surface area contributed by atoms with E-state index in [0.717, 1.165) is 44.6 Å². The van der Waals surface area contributed by atoms with Crippen LogP contribution in [0.1, 0.15) is 25.3 Å². The van der Waals surface area contributed by atoms with Crippen molar-refractivity contribution >= 4 is 92.9 Å². The maximum atomic E-state index is 7.14. The summed E-state index contributed by atoms with van der Waals surface area (Å²) in [6.07, 6.45) is 0. The molecule has 0 aliphatic carbocycles. The zero-order valence-electron chi connectivity index (χ0n) is 37.4. The molecule has 0 fully saturated rings. The number of hydrogen-bond donors (Lipinski definition) is 0. The Morgan fingerprint density at radius 3 is 1.30 bits per heavy atom. The molecule has 2 nitrogen and oxygen atoms in total. The van der Waals surface area contributed by atoms with Crippen LogP contribution in [-0.2, 0) is 0 Å². The Bertz CT molecular complexity index is 4080. The molecule has 0 spiro atoms. The van der Waals surface area contributed by atoms with Crippen LogP contribution in [0.2, 0.25) is 0 Å². The fourth-order valence-electron chi connectivity index (χ4n) is 10.4. The molecule has 0 radical (unpaired) electrons. The van der Waals surface area contributed by atoms with Crippen LogP contribution < -0.4 is 4.90 Å². The highest BCUT2D eigenvalue weighted by atomic mass is 16.3. The van der Waals surface area contributed by atoms with Crippen molar-refractivity contribution < 1.29 is 4.42 Å². The van der Waals surface area contributed by atoms with Crippen LogP contribution in [0.25, 0.3) is 109 Å². The molecule has 0 unspecified atom stereocenters. The first-order valence-corrected chi connectivity index (χ1v) is 23.3. The van der Waals surface area contributed by atoms with Gasteiger partial charge in [0, 0.05) is 22.1 Å². The first-order valence-electron chi connectivity index (χ1n) is 23.3. The summed E-state index contributed by atoms with van der Waals surface area (Å²) in [7, 11) is 0. The molecule has 0 aliphatic heterocycles. The molecule has 0 amide bonds. The minimum atomic E-state index is 0.310. The molecule has 0 saturated heterocycles. The lowest BCUT2D eigenvalue weighted by molar-refractivity contribution is 0.657. The van der Waals surface area contributed by atoms with E-state index in [1.54, 1.807) is 0 Å². The fourth-order valence-corrected chi connectivity index (χ4v) is 10.4. The van der Waals surface area contributed by atoms with Gasteiger partial charge in [-0.15, -0.1) is 0 Å². The highest BCUT2D eigenvalue weighted by Gasteiger charge is 2.24. The van der Waals surface area contributed by atoms with E-state index in [0.29, 0.717) is 5.92 Å². The first kappa shape index (κ1) is 39.0. The van der Waals surface area contributed by atoms with Crippen molar-refractivity contribution in [3.05, 3.63) is 236 Å². The van der Waals surface area contributed by atoms with Crippen LogP contribution in [0.4, 0.5) is 17.1 Å². The van der Waals surface area contributed by atoms with Crippen molar-refractivity contribution in [2.24, 2.45) is 0 Å². The summed E-state index contributed by atoms with van der Waals surface area (Å²) in [5.41, 5.74) is 13.4. The summed E-state index contributed by atoms with van der Waals surface area (Å²) >= 11 is 0. The maximum Gasteiger partial charge on any atom is 0.160 e. The molecule has 67 heavy (non-hydrogen) atoms. The summed E-state index contributed by atoms with van der Waals surface area (Å²) in [5, 5.41) is 14.5. The molecule has 0 bridgehead atoms. The molecule has 1 heterocycles. The van der Waals surface area contributed by atoms with Crippen LogP contribution in [-0.4, -0.2) is 0 Å². The van der Waals surface area contributed by atoms with Crippen molar-refractivity contribution in [1.82, 2.24) is 0 Å². The van der Waals surface area contributed by atoms with Crippen LogP contribution >= 0.6 is 0 Å². The Labute approximate surface area is 389 Å². The van der Waals surface area contributed by atoms with Crippen molar-refractivity contribution in [1.29, 1.82) is 0 Å². The topological polar surface area (TPSA) is 16.4 Å².